The first kappa shape index (κ1) is 18.9. The number of hydrogen-bond donors (Lipinski definition) is 2. The summed E-state index contributed by atoms with van der Waals surface area (Å²) < 4.78 is 0. The number of anilines is 2. The van der Waals surface area contributed by atoms with Crippen LogP contribution in [0.4, 0.5) is 11.4 Å². The summed E-state index contributed by atoms with van der Waals surface area (Å²) in [5.74, 6) is -0.0802. The molecule has 1 fully saturated rings. The smallest absolute Gasteiger partial charge is 0.256 e. The molecular weight excluding hydrogens is 340 g/mol. The van der Waals surface area contributed by atoms with Crippen LogP contribution in [0.3, 0.4) is 0 Å². The van der Waals surface area contributed by atoms with Crippen molar-refractivity contribution in [3.05, 3.63) is 59.2 Å². The molecule has 1 heterocycles. The van der Waals surface area contributed by atoms with Gasteiger partial charge in [-0.1, -0.05) is 24.3 Å². The molecule has 0 spiro atoms. The van der Waals surface area contributed by atoms with Crippen LogP contribution >= 0.6 is 0 Å². The van der Waals surface area contributed by atoms with Crippen LogP contribution < -0.4 is 11.1 Å². The van der Waals surface area contributed by atoms with Crippen molar-refractivity contribution in [2.75, 3.05) is 43.8 Å². The number of nitrogen functional groups attached to an aromatic ring is 1. The molecule has 0 bridgehead atoms. The fraction of sp³-hybridized carbons (Fsp3) is 0.333. The standard InChI is InChI=1S/C21H26N4O2/c1-15-6-5-9-19(16(15)2)23-20(26)14-24-10-12-25(13-11-24)21(27)17-7-3-4-8-18(17)22/h3-9H,10-14,22H2,1-2H3,(H,23,26). The lowest BCUT2D eigenvalue weighted by molar-refractivity contribution is -0.117. The SMILES string of the molecule is Cc1cccc(NC(=O)CN2CCN(C(=O)c3ccccc3N)CC2)c1C. The average Bonchev–Trinajstić information content (AvgIpc) is 2.66. The first-order chi connectivity index (χ1) is 13.0. The highest BCUT2D eigenvalue weighted by molar-refractivity contribution is 5.99. The number of aryl methyl sites for hydroxylation is 1. The number of amides is 2. The molecule has 6 heteroatoms. The molecular formula is C21H26N4O2. The lowest BCUT2D eigenvalue weighted by Gasteiger charge is -2.34. The Hall–Kier alpha value is -2.86. The summed E-state index contributed by atoms with van der Waals surface area (Å²) in [6.07, 6.45) is 0. The molecule has 3 N–H and O–H groups in total. The molecule has 1 aliphatic heterocycles. The molecule has 2 aromatic carbocycles. The number of rotatable bonds is 4. The van der Waals surface area contributed by atoms with Crippen molar-refractivity contribution in [2.45, 2.75) is 13.8 Å². The van der Waals surface area contributed by atoms with Gasteiger partial charge < -0.3 is 16.0 Å². The molecule has 2 aromatic rings. The lowest BCUT2D eigenvalue weighted by Crippen LogP contribution is -2.50. The lowest BCUT2D eigenvalue weighted by atomic mass is 10.1. The number of carbonyl (C=O) groups is 2. The quantitative estimate of drug-likeness (QED) is 0.814. The predicted octanol–water partition coefficient (Wildman–Crippen LogP) is 2.28. The van der Waals surface area contributed by atoms with E-state index in [1.165, 1.54) is 0 Å². The molecule has 2 amide bonds. The number of nitrogens with zero attached hydrogens (tertiary/aromatic N) is 2. The van der Waals surface area contributed by atoms with E-state index in [0.29, 0.717) is 44.0 Å². The van der Waals surface area contributed by atoms with Crippen LogP contribution in [-0.4, -0.2) is 54.3 Å². The summed E-state index contributed by atoms with van der Waals surface area (Å²) in [6, 6.07) is 13.0. The molecule has 0 aromatic heterocycles. The fourth-order valence-electron chi connectivity index (χ4n) is 3.25. The van der Waals surface area contributed by atoms with Gasteiger partial charge in [0.05, 0.1) is 12.1 Å². The van der Waals surface area contributed by atoms with Gasteiger partial charge in [0.15, 0.2) is 0 Å². The number of carbonyl (C=O) groups excluding carboxylic acids is 2. The van der Waals surface area contributed by atoms with Crippen molar-refractivity contribution >= 4 is 23.2 Å². The minimum absolute atomic E-state index is 0.0317. The third-order valence-electron chi connectivity index (χ3n) is 5.10. The van der Waals surface area contributed by atoms with Gasteiger partial charge in [0.25, 0.3) is 5.91 Å². The van der Waals surface area contributed by atoms with Gasteiger partial charge in [-0.05, 0) is 43.2 Å². The maximum Gasteiger partial charge on any atom is 0.256 e. The molecule has 0 unspecified atom stereocenters. The number of benzene rings is 2. The number of nitrogens with two attached hydrogens (primary N) is 1. The second-order valence-electron chi connectivity index (χ2n) is 6.95. The van der Waals surface area contributed by atoms with Gasteiger partial charge in [0.1, 0.15) is 0 Å². The topological polar surface area (TPSA) is 78.7 Å². The maximum absolute atomic E-state index is 12.6. The van der Waals surface area contributed by atoms with Crippen LogP contribution in [-0.2, 0) is 4.79 Å². The van der Waals surface area contributed by atoms with E-state index in [1.54, 1.807) is 17.0 Å². The first-order valence-corrected chi connectivity index (χ1v) is 9.18. The van der Waals surface area contributed by atoms with Crippen molar-refractivity contribution in [3.63, 3.8) is 0 Å². The fourth-order valence-corrected chi connectivity index (χ4v) is 3.25. The van der Waals surface area contributed by atoms with E-state index in [1.807, 2.05) is 44.2 Å². The van der Waals surface area contributed by atoms with E-state index in [-0.39, 0.29) is 11.8 Å². The van der Waals surface area contributed by atoms with Crippen molar-refractivity contribution in [2.24, 2.45) is 0 Å². The van der Waals surface area contributed by atoms with Gasteiger partial charge >= 0.3 is 0 Å². The van der Waals surface area contributed by atoms with Crippen LogP contribution in [0, 0.1) is 13.8 Å². The van der Waals surface area contributed by atoms with Crippen molar-refractivity contribution in [1.82, 2.24) is 9.80 Å². The number of piperazine rings is 1. The zero-order valence-electron chi connectivity index (χ0n) is 15.9. The molecule has 0 atom stereocenters. The summed E-state index contributed by atoms with van der Waals surface area (Å²) in [4.78, 5) is 28.8. The molecule has 1 aliphatic rings. The zero-order valence-corrected chi connectivity index (χ0v) is 15.9. The van der Waals surface area contributed by atoms with Crippen LogP contribution in [0.2, 0.25) is 0 Å². The monoisotopic (exact) mass is 366 g/mol. The van der Waals surface area contributed by atoms with Crippen LogP contribution in [0.15, 0.2) is 42.5 Å². The Kier molecular flexibility index (Phi) is 5.76. The molecule has 1 saturated heterocycles. The molecule has 142 valence electrons. The second-order valence-corrected chi connectivity index (χ2v) is 6.95. The van der Waals surface area contributed by atoms with Gasteiger partial charge in [0.2, 0.25) is 5.91 Å². The molecule has 0 saturated carbocycles. The Morgan fingerprint density at radius 1 is 1.00 bits per heavy atom. The molecule has 0 radical (unpaired) electrons. The predicted molar refractivity (Wildman–Crippen MR) is 108 cm³/mol. The molecule has 27 heavy (non-hydrogen) atoms. The van der Waals surface area contributed by atoms with E-state index in [9.17, 15) is 9.59 Å². The van der Waals surface area contributed by atoms with Gasteiger partial charge in [-0.2, -0.15) is 0 Å². The van der Waals surface area contributed by atoms with Crippen molar-refractivity contribution in [1.29, 1.82) is 0 Å². The van der Waals surface area contributed by atoms with Crippen LogP contribution in [0.1, 0.15) is 21.5 Å². The minimum atomic E-state index is -0.0485. The normalized spacial score (nSPS) is 14.8. The van der Waals surface area contributed by atoms with E-state index in [0.717, 1.165) is 16.8 Å². The number of hydrogen-bond acceptors (Lipinski definition) is 4. The Labute approximate surface area is 159 Å². The van der Waals surface area contributed by atoms with Crippen molar-refractivity contribution < 1.29 is 9.59 Å². The minimum Gasteiger partial charge on any atom is -0.398 e. The summed E-state index contributed by atoms with van der Waals surface area (Å²) >= 11 is 0. The number of nitrogens with one attached hydrogen (secondary N) is 1. The van der Waals surface area contributed by atoms with Gasteiger partial charge in [-0.15, -0.1) is 0 Å². The van der Waals surface area contributed by atoms with E-state index in [4.69, 9.17) is 5.73 Å². The molecule has 3 rings (SSSR count). The molecule has 0 aliphatic carbocycles. The van der Waals surface area contributed by atoms with E-state index < -0.39 is 0 Å². The molecule has 6 nitrogen and oxygen atoms in total. The summed E-state index contributed by atoms with van der Waals surface area (Å²) in [7, 11) is 0. The van der Waals surface area contributed by atoms with E-state index in [2.05, 4.69) is 10.2 Å². The summed E-state index contributed by atoms with van der Waals surface area (Å²) in [5.41, 5.74) is 10.0. The Morgan fingerprint density at radius 3 is 2.41 bits per heavy atom. The average molecular weight is 366 g/mol. The van der Waals surface area contributed by atoms with Crippen molar-refractivity contribution in [3.8, 4) is 0 Å². The van der Waals surface area contributed by atoms with Gasteiger partial charge in [-0.25, -0.2) is 0 Å². The zero-order chi connectivity index (χ0) is 19.4. The highest BCUT2D eigenvalue weighted by atomic mass is 16.2. The highest BCUT2D eigenvalue weighted by Crippen LogP contribution is 2.18. The first-order valence-electron chi connectivity index (χ1n) is 9.18. The van der Waals surface area contributed by atoms with Crippen LogP contribution in [0.5, 0.6) is 0 Å². The Morgan fingerprint density at radius 2 is 1.70 bits per heavy atom. The summed E-state index contributed by atoms with van der Waals surface area (Å²) in [5, 5.41) is 2.99. The third-order valence-corrected chi connectivity index (χ3v) is 5.10. The highest BCUT2D eigenvalue weighted by Gasteiger charge is 2.24. The third kappa shape index (κ3) is 4.46. The summed E-state index contributed by atoms with van der Waals surface area (Å²) in [6.45, 7) is 6.86. The second kappa shape index (κ2) is 8.22. The van der Waals surface area contributed by atoms with Crippen LogP contribution in [0.25, 0.3) is 0 Å². The largest absolute Gasteiger partial charge is 0.398 e. The Balaban J connectivity index is 1.52. The van der Waals surface area contributed by atoms with Gasteiger partial charge in [0, 0.05) is 37.6 Å². The number of para-hydroxylation sites is 1. The maximum atomic E-state index is 12.6. The Bertz CT molecular complexity index is 842. The van der Waals surface area contributed by atoms with E-state index >= 15 is 0 Å². The van der Waals surface area contributed by atoms with Gasteiger partial charge in [-0.3, -0.25) is 14.5 Å².